The second kappa shape index (κ2) is 7.23. The van der Waals surface area contributed by atoms with E-state index in [9.17, 15) is 4.79 Å². The first-order chi connectivity index (χ1) is 8.25. The molecular formula is C15H23NO. The van der Waals surface area contributed by atoms with E-state index in [0.717, 1.165) is 26.1 Å². The zero-order valence-corrected chi connectivity index (χ0v) is 11.1. The van der Waals surface area contributed by atoms with Gasteiger partial charge in [0.05, 0.1) is 0 Å². The summed E-state index contributed by atoms with van der Waals surface area (Å²) in [4.78, 5) is 13.6. The first-order valence-electron chi connectivity index (χ1n) is 6.52. The van der Waals surface area contributed by atoms with E-state index < -0.39 is 0 Å². The zero-order chi connectivity index (χ0) is 12.7. The maximum Gasteiger partial charge on any atom is 0.134 e. The average Bonchev–Trinajstić information content (AvgIpc) is 2.82. The van der Waals surface area contributed by atoms with Crippen LogP contribution in [0.15, 0.2) is 30.3 Å². The topological polar surface area (TPSA) is 20.3 Å². The van der Waals surface area contributed by atoms with Crippen molar-refractivity contribution in [1.29, 1.82) is 0 Å². The predicted octanol–water partition coefficient (Wildman–Crippen LogP) is 3.12. The molecule has 0 spiro atoms. The highest BCUT2D eigenvalue weighted by Gasteiger charge is 2.25. The van der Waals surface area contributed by atoms with E-state index in [1.54, 1.807) is 6.92 Å². The Morgan fingerprint density at radius 3 is 2.47 bits per heavy atom. The van der Waals surface area contributed by atoms with Crippen LogP contribution in [-0.4, -0.2) is 23.8 Å². The first-order valence-corrected chi connectivity index (χ1v) is 6.52. The summed E-state index contributed by atoms with van der Waals surface area (Å²) in [5, 5.41) is 0. The summed E-state index contributed by atoms with van der Waals surface area (Å²) in [5.41, 5.74) is 1.33. The van der Waals surface area contributed by atoms with E-state index in [-0.39, 0.29) is 5.92 Å². The van der Waals surface area contributed by atoms with Gasteiger partial charge < -0.3 is 0 Å². The number of hydrogen-bond donors (Lipinski definition) is 0. The number of likely N-dealkylation sites (tertiary alicyclic amines) is 1. The molecule has 1 unspecified atom stereocenters. The average molecular weight is 233 g/mol. The third kappa shape index (κ3) is 4.31. The molecular weight excluding hydrogens is 210 g/mol. The van der Waals surface area contributed by atoms with Gasteiger partial charge in [0.1, 0.15) is 5.78 Å². The zero-order valence-electron chi connectivity index (χ0n) is 11.1. The van der Waals surface area contributed by atoms with Crippen LogP contribution in [0.25, 0.3) is 0 Å². The van der Waals surface area contributed by atoms with Gasteiger partial charge in [0.25, 0.3) is 0 Å². The lowest BCUT2D eigenvalue weighted by atomic mass is 10.1. The lowest BCUT2D eigenvalue weighted by molar-refractivity contribution is -0.120. The molecule has 1 aromatic carbocycles. The number of rotatable bonds is 3. The van der Waals surface area contributed by atoms with Crippen LogP contribution in [0.2, 0.25) is 0 Å². The number of benzene rings is 1. The van der Waals surface area contributed by atoms with Gasteiger partial charge in [0.15, 0.2) is 0 Å². The molecule has 0 aromatic heterocycles. The van der Waals surface area contributed by atoms with Crippen LogP contribution in [0.4, 0.5) is 0 Å². The highest BCUT2D eigenvalue weighted by Crippen LogP contribution is 2.19. The molecule has 0 saturated carbocycles. The maximum absolute atomic E-state index is 11.2. The number of Topliss-reactive ketones (excluding diaryl/α,β-unsaturated/α-hetero) is 1. The van der Waals surface area contributed by atoms with Crippen LogP contribution in [-0.2, 0) is 11.3 Å². The van der Waals surface area contributed by atoms with E-state index in [1.165, 1.54) is 5.56 Å². The summed E-state index contributed by atoms with van der Waals surface area (Å²) in [5.74, 6) is 0.610. The fourth-order valence-electron chi connectivity index (χ4n) is 2.15. The number of ketones is 1. The minimum absolute atomic E-state index is 0.272. The fraction of sp³-hybridized carbons (Fsp3) is 0.533. The Hall–Kier alpha value is -1.15. The van der Waals surface area contributed by atoms with Gasteiger partial charge in [0.2, 0.25) is 0 Å². The molecule has 0 bridgehead atoms. The Balaban J connectivity index is 0.000000686. The molecule has 0 amide bonds. The van der Waals surface area contributed by atoms with Crippen molar-refractivity contribution in [3.63, 3.8) is 0 Å². The molecule has 1 aromatic rings. The molecule has 94 valence electrons. The SMILES string of the molecule is CC.CC(=O)C1CCN(Cc2ccccc2)C1. The fourth-order valence-corrected chi connectivity index (χ4v) is 2.15. The van der Waals surface area contributed by atoms with Gasteiger partial charge in [-0.15, -0.1) is 0 Å². The standard InChI is InChI=1S/C13H17NO.C2H6/c1-11(15)13-7-8-14(10-13)9-12-5-3-2-4-6-12;1-2/h2-6,13H,7-10H2,1H3;1-2H3. The summed E-state index contributed by atoms with van der Waals surface area (Å²) < 4.78 is 0. The summed E-state index contributed by atoms with van der Waals surface area (Å²) in [7, 11) is 0. The highest BCUT2D eigenvalue weighted by atomic mass is 16.1. The second-order valence-corrected chi connectivity index (χ2v) is 4.32. The summed E-state index contributed by atoms with van der Waals surface area (Å²) in [6, 6.07) is 10.4. The Kier molecular flexibility index (Phi) is 5.92. The van der Waals surface area contributed by atoms with Crippen molar-refractivity contribution in [1.82, 2.24) is 4.90 Å². The van der Waals surface area contributed by atoms with Crippen molar-refractivity contribution in [2.24, 2.45) is 5.92 Å². The highest BCUT2D eigenvalue weighted by molar-refractivity contribution is 5.78. The molecule has 1 atom stereocenters. The van der Waals surface area contributed by atoms with Crippen LogP contribution in [0.5, 0.6) is 0 Å². The molecule has 1 aliphatic rings. The van der Waals surface area contributed by atoms with Gasteiger partial charge in [0, 0.05) is 19.0 Å². The van der Waals surface area contributed by atoms with E-state index in [1.807, 2.05) is 19.9 Å². The van der Waals surface area contributed by atoms with Gasteiger partial charge in [-0.2, -0.15) is 0 Å². The van der Waals surface area contributed by atoms with Gasteiger partial charge in [-0.25, -0.2) is 0 Å². The minimum atomic E-state index is 0.272. The molecule has 1 aliphatic heterocycles. The molecule has 2 heteroatoms. The van der Waals surface area contributed by atoms with Crippen LogP contribution in [0, 0.1) is 5.92 Å². The lowest BCUT2D eigenvalue weighted by Crippen LogP contribution is -2.21. The van der Waals surface area contributed by atoms with Crippen molar-refractivity contribution in [2.75, 3.05) is 13.1 Å². The Morgan fingerprint density at radius 2 is 1.94 bits per heavy atom. The monoisotopic (exact) mass is 233 g/mol. The van der Waals surface area contributed by atoms with Crippen LogP contribution in [0.3, 0.4) is 0 Å². The van der Waals surface area contributed by atoms with Crippen molar-refractivity contribution < 1.29 is 4.79 Å². The maximum atomic E-state index is 11.2. The largest absolute Gasteiger partial charge is 0.300 e. The lowest BCUT2D eigenvalue weighted by Gasteiger charge is -2.15. The molecule has 0 aliphatic carbocycles. The third-order valence-corrected chi connectivity index (χ3v) is 3.10. The molecule has 1 heterocycles. The van der Waals surface area contributed by atoms with Crippen molar-refractivity contribution >= 4 is 5.78 Å². The quantitative estimate of drug-likeness (QED) is 0.799. The second-order valence-electron chi connectivity index (χ2n) is 4.32. The third-order valence-electron chi connectivity index (χ3n) is 3.10. The molecule has 2 rings (SSSR count). The van der Waals surface area contributed by atoms with Crippen LogP contribution < -0.4 is 0 Å². The Morgan fingerprint density at radius 1 is 1.29 bits per heavy atom. The van der Waals surface area contributed by atoms with Gasteiger partial charge in [-0.1, -0.05) is 44.2 Å². The van der Waals surface area contributed by atoms with E-state index in [4.69, 9.17) is 0 Å². The normalized spacial score (nSPS) is 19.6. The smallest absolute Gasteiger partial charge is 0.134 e. The number of hydrogen-bond acceptors (Lipinski definition) is 2. The molecule has 1 fully saturated rings. The number of nitrogens with zero attached hydrogens (tertiary/aromatic N) is 1. The van der Waals surface area contributed by atoms with E-state index in [2.05, 4.69) is 29.2 Å². The van der Waals surface area contributed by atoms with E-state index >= 15 is 0 Å². The van der Waals surface area contributed by atoms with Crippen molar-refractivity contribution in [3.05, 3.63) is 35.9 Å². The molecule has 0 radical (unpaired) electrons. The Bertz CT molecular complexity index is 334. The van der Waals surface area contributed by atoms with Gasteiger partial charge in [-0.05, 0) is 25.5 Å². The van der Waals surface area contributed by atoms with Crippen LogP contribution >= 0.6 is 0 Å². The van der Waals surface area contributed by atoms with Gasteiger partial charge in [-0.3, -0.25) is 9.69 Å². The summed E-state index contributed by atoms with van der Waals surface area (Å²) in [6.07, 6.45) is 1.03. The molecule has 1 saturated heterocycles. The van der Waals surface area contributed by atoms with Crippen molar-refractivity contribution in [3.8, 4) is 0 Å². The molecule has 2 nitrogen and oxygen atoms in total. The van der Waals surface area contributed by atoms with Crippen molar-refractivity contribution in [2.45, 2.75) is 33.7 Å². The minimum Gasteiger partial charge on any atom is -0.300 e. The Labute approximate surface area is 105 Å². The van der Waals surface area contributed by atoms with Gasteiger partial charge >= 0.3 is 0 Å². The number of carbonyl (C=O) groups excluding carboxylic acids is 1. The van der Waals surface area contributed by atoms with Crippen LogP contribution in [0.1, 0.15) is 32.8 Å². The summed E-state index contributed by atoms with van der Waals surface area (Å²) >= 11 is 0. The summed E-state index contributed by atoms with van der Waals surface area (Å²) in [6.45, 7) is 8.67. The van der Waals surface area contributed by atoms with E-state index in [0.29, 0.717) is 5.78 Å². The molecule has 17 heavy (non-hydrogen) atoms. The first kappa shape index (κ1) is 13.9. The predicted molar refractivity (Wildman–Crippen MR) is 71.9 cm³/mol. The molecule has 0 N–H and O–H groups in total. The number of carbonyl (C=O) groups is 1.